The van der Waals surface area contributed by atoms with E-state index < -0.39 is 0 Å². The highest BCUT2D eigenvalue weighted by Gasteiger charge is 2.22. The summed E-state index contributed by atoms with van der Waals surface area (Å²) in [4.78, 5) is 12.2. The zero-order chi connectivity index (χ0) is 23.6. The smallest absolute Gasteiger partial charge is 0.407 e. The van der Waals surface area contributed by atoms with Crippen LogP contribution in [0.3, 0.4) is 0 Å². The minimum Gasteiger partial charge on any atom is -0.446 e. The highest BCUT2D eigenvalue weighted by Crippen LogP contribution is 2.30. The van der Waals surface area contributed by atoms with Crippen LogP contribution in [0.4, 0.5) is 4.79 Å². The fraction of sp³-hybridized carbons (Fsp3) is 0.577. The fourth-order valence-electron chi connectivity index (χ4n) is 4.17. The van der Waals surface area contributed by atoms with Gasteiger partial charge in [-0.05, 0) is 68.8 Å². The third-order valence-corrected chi connectivity index (χ3v) is 6.11. The standard InChI is InChI=1S/C26H37N5O2/c1-18(2)14-15-27-26(32)33-24-9-7-5-6-8-21(17-24)16-19(3)22-10-12-23(13-11-22)25-30-28-20(4)29-31-25/h6,8,10-13,18-19,21,24H,5,7,9,14-17H2,1-4H3,(H,27,32)/b8-6+. The van der Waals surface area contributed by atoms with Gasteiger partial charge in [0.25, 0.3) is 0 Å². The summed E-state index contributed by atoms with van der Waals surface area (Å²) in [5, 5.41) is 19.1. The van der Waals surface area contributed by atoms with Crippen molar-refractivity contribution >= 4 is 6.09 Å². The van der Waals surface area contributed by atoms with Gasteiger partial charge in [-0.15, -0.1) is 20.4 Å². The molecule has 1 heterocycles. The molecular weight excluding hydrogens is 414 g/mol. The number of benzene rings is 1. The number of carbonyl (C=O) groups is 1. The molecule has 3 atom stereocenters. The van der Waals surface area contributed by atoms with E-state index in [9.17, 15) is 4.79 Å². The average molecular weight is 452 g/mol. The molecule has 7 heteroatoms. The van der Waals surface area contributed by atoms with Crippen molar-refractivity contribution in [1.29, 1.82) is 0 Å². The van der Waals surface area contributed by atoms with Gasteiger partial charge in [-0.3, -0.25) is 0 Å². The number of allylic oxidation sites excluding steroid dienone is 2. The van der Waals surface area contributed by atoms with Crippen LogP contribution in [0.5, 0.6) is 0 Å². The Labute approximate surface area is 197 Å². The molecule has 0 bridgehead atoms. The predicted octanol–water partition coefficient (Wildman–Crippen LogP) is 5.62. The molecule has 0 fully saturated rings. The van der Waals surface area contributed by atoms with Crippen LogP contribution in [0.2, 0.25) is 0 Å². The number of alkyl carbamates (subject to hydrolysis) is 1. The minimum atomic E-state index is -0.283. The molecule has 33 heavy (non-hydrogen) atoms. The summed E-state index contributed by atoms with van der Waals surface area (Å²) in [6.07, 6.45) is 10.1. The van der Waals surface area contributed by atoms with Crippen LogP contribution >= 0.6 is 0 Å². The second-order valence-corrected chi connectivity index (χ2v) is 9.52. The summed E-state index contributed by atoms with van der Waals surface area (Å²) < 4.78 is 5.79. The van der Waals surface area contributed by atoms with Crippen LogP contribution in [0.25, 0.3) is 11.4 Å². The number of aryl methyl sites for hydroxylation is 1. The zero-order valence-electron chi connectivity index (χ0n) is 20.3. The highest BCUT2D eigenvalue weighted by atomic mass is 16.6. The Balaban J connectivity index is 1.56. The largest absolute Gasteiger partial charge is 0.446 e. The monoisotopic (exact) mass is 451 g/mol. The molecule has 0 aliphatic heterocycles. The summed E-state index contributed by atoms with van der Waals surface area (Å²) in [6.45, 7) is 8.99. The van der Waals surface area contributed by atoms with E-state index in [1.54, 1.807) is 6.92 Å². The van der Waals surface area contributed by atoms with Crippen molar-refractivity contribution < 1.29 is 9.53 Å². The van der Waals surface area contributed by atoms with Gasteiger partial charge in [0.1, 0.15) is 6.10 Å². The second kappa shape index (κ2) is 12.4. The fourth-order valence-corrected chi connectivity index (χ4v) is 4.17. The molecule has 2 aromatic rings. The van der Waals surface area contributed by atoms with E-state index in [0.29, 0.717) is 35.9 Å². The molecule has 7 nitrogen and oxygen atoms in total. The van der Waals surface area contributed by atoms with Crippen molar-refractivity contribution in [2.75, 3.05) is 6.54 Å². The molecule has 3 unspecified atom stereocenters. The van der Waals surface area contributed by atoms with Crippen molar-refractivity contribution in [2.24, 2.45) is 11.8 Å². The maximum absolute atomic E-state index is 12.2. The van der Waals surface area contributed by atoms with Crippen molar-refractivity contribution in [3.63, 3.8) is 0 Å². The van der Waals surface area contributed by atoms with Crippen molar-refractivity contribution in [1.82, 2.24) is 25.7 Å². The van der Waals surface area contributed by atoms with Gasteiger partial charge in [-0.1, -0.05) is 57.2 Å². The number of amides is 1. The molecule has 1 aromatic carbocycles. The molecule has 1 aliphatic carbocycles. The Morgan fingerprint density at radius 3 is 2.55 bits per heavy atom. The van der Waals surface area contributed by atoms with Gasteiger partial charge < -0.3 is 10.1 Å². The maximum atomic E-state index is 12.2. The molecule has 0 radical (unpaired) electrons. The number of nitrogens with one attached hydrogen (secondary N) is 1. The van der Waals surface area contributed by atoms with Crippen LogP contribution < -0.4 is 5.32 Å². The topological polar surface area (TPSA) is 89.9 Å². The Kier molecular flexibility index (Phi) is 9.34. The summed E-state index contributed by atoms with van der Waals surface area (Å²) >= 11 is 0. The normalized spacial score (nSPS) is 20.5. The molecule has 178 valence electrons. The van der Waals surface area contributed by atoms with E-state index in [0.717, 1.165) is 44.1 Å². The predicted molar refractivity (Wildman–Crippen MR) is 130 cm³/mol. The Hall–Kier alpha value is -2.83. The zero-order valence-corrected chi connectivity index (χ0v) is 20.3. The van der Waals surface area contributed by atoms with Crippen LogP contribution in [-0.2, 0) is 4.74 Å². The first-order chi connectivity index (χ1) is 15.9. The first-order valence-electron chi connectivity index (χ1n) is 12.2. The van der Waals surface area contributed by atoms with Crippen molar-refractivity contribution in [2.45, 2.75) is 78.2 Å². The van der Waals surface area contributed by atoms with Crippen molar-refractivity contribution in [3.8, 4) is 11.4 Å². The lowest BCUT2D eigenvalue weighted by Gasteiger charge is -2.26. The number of hydrogen-bond acceptors (Lipinski definition) is 6. The lowest BCUT2D eigenvalue weighted by Crippen LogP contribution is -2.31. The van der Waals surface area contributed by atoms with Gasteiger partial charge in [-0.25, -0.2) is 4.79 Å². The van der Waals surface area contributed by atoms with Gasteiger partial charge in [0.05, 0.1) is 0 Å². The summed E-state index contributed by atoms with van der Waals surface area (Å²) in [6, 6.07) is 8.32. The van der Waals surface area contributed by atoms with Gasteiger partial charge in [-0.2, -0.15) is 0 Å². The summed E-state index contributed by atoms with van der Waals surface area (Å²) in [7, 11) is 0. The Morgan fingerprint density at radius 2 is 1.85 bits per heavy atom. The molecule has 3 rings (SSSR count). The Morgan fingerprint density at radius 1 is 1.12 bits per heavy atom. The third-order valence-electron chi connectivity index (χ3n) is 6.11. The van der Waals surface area contributed by atoms with E-state index in [2.05, 4.69) is 70.8 Å². The molecule has 0 saturated carbocycles. The number of carbonyl (C=O) groups excluding carboxylic acids is 1. The minimum absolute atomic E-state index is 0.0349. The SMILES string of the molecule is Cc1nnc(-c2ccc(C(C)CC3/C=C/CCCC(OC(=O)NCCC(C)C)C3)cc2)nn1. The maximum Gasteiger partial charge on any atom is 0.407 e. The molecule has 0 spiro atoms. The lowest BCUT2D eigenvalue weighted by molar-refractivity contribution is 0.0776. The van der Waals surface area contributed by atoms with Crippen molar-refractivity contribution in [3.05, 3.63) is 47.8 Å². The first kappa shape index (κ1) is 24.8. The van der Waals surface area contributed by atoms with Crippen LogP contribution in [0.15, 0.2) is 36.4 Å². The van der Waals surface area contributed by atoms with E-state index in [1.165, 1.54) is 5.56 Å². The number of hydrogen-bond donors (Lipinski definition) is 1. The van der Waals surface area contributed by atoms with Crippen LogP contribution in [0, 0.1) is 18.8 Å². The quantitative estimate of drug-likeness (QED) is 0.524. The first-order valence-corrected chi connectivity index (χ1v) is 12.2. The van der Waals surface area contributed by atoms with Crippen LogP contribution in [0.1, 0.15) is 76.6 Å². The summed E-state index contributed by atoms with van der Waals surface area (Å²) in [5.74, 6) is 2.42. The average Bonchev–Trinajstić information content (AvgIpc) is 2.77. The lowest BCUT2D eigenvalue weighted by atomic mass is 9.84. The van der Waals surface area contributed by atoms with Gasteiger partial charge >= 0.3 is 6.09 Å². The second-order valence-electron chi connectivity index (χ2n) is 9.52. The Bertz CT molecular complexity index is 896. The van der Waals surface area contributed by atoms with Gasteiger partial charge in [0.15, 0.2) is 5.82 Å². The number of ether oxygens (including phenoxy) is 1. The van der Waals surface area contributed by atoms with E-state index in [1.807, 2.05) is 12.1 Å². The molecule has 1 aromatic heterocycles. The summed E-state index contributed by atoms with van der Waals surface area (Å²) in [5.41, 5.74) is 2.18. The molecular formula is C26H37N5O2. The molecule has 0 saturated heterocycles. The highest BCUT2D eigenvalue weighted by molar-refractivity contribution is 5.67. The molecule has 1 N–H and O–H groups in total. The van der Waals surface area contributed by atoms with Crippen LogP contribution in [-0.4, -0.2) is 39.1 Å². The van der Waals surface area contributed by atoms with E-state index >= 15 is 0 Å². The number of nitrogens with zero attached hydrogens (tertiary/aromatic N) is 4. The number of rotatable bonds is 8. The van der Waals surface area contributed by atoms with E-state index in [-0.39, 0.29) is 12.2 Å². The van der Waals surface area contributed by atoms with Gasteiger partial charge in [0.2, 0.25) is 5.82 Å². The van der Waals surface area contributed by atoms with E-state index in [4.69, 9.17) is 4.74 Å². The molecule has 1 aliphatic rings. The number of aromatic nitrogens is 4. The third kappa shape index (κ3) is 8.22. The van der Waals surface area contributed by atoms with Gasteiger partial charge in [0, 0.05) is 12.1 Å². The molecule has 1 amide bonds.